The minimum atomic E-state index is -1.07. The van der Waals surface area contributed by atoms with Crippen molar-refractivity contribution in [2.24, 2.45) is 0 Å². The van der Waals surface area contributed by atoms with E-state index in [-0.39, 0.29) is 11.8 Å². The maximum atomic E-state index is 12.7. The molecular weight excluding hydrogens is 394 g/mol. The number of rotatable bonds is 5. The smallest absolute Gasteiger partial charge is 0.262 e. The Balaban J connectivity index is 1.64. The van der Waals surface area contributed by atoms with Crippen LogP contribution in [0.2, 0.25) is 4.34 Å². The number of carbonyl (C=O) groups excluding carboxylic acids is 2. The summed E-state index contributed by atoms with van der Waals surface area (Å²) in [6.45, 7) is 7.84. The van der Waals surface area contributed by atoms with Crippen molar-refractivity contribution in [1.29, 1.82) is 0 Å². The Hall–Kier alpha value is -2.05. The Morgan fingerprint density at radius 3 is 2.21 bits per heavy atom. The van der Waals surface area contributed by atoms with Gasteiger partial charge in [-0.1, -0.05) is 11.6 Å². The lowest BCUT2D eigenvalue weighted by molar-refractivity contribution is -0.120. The van der Waals surface area contributed by atoms with E-state index in [2.05, 4.69) is 29.4 Å². The summed E-state index contributed by atoms with van der Waals surface area (Å²) < 4.78 is 0.536. The summed E-state index contributed by atoms with van der Waals surface area (Å²) in [6, 6.07) is 12.2. The first-order valence-corrected chi connectivity index (χ1v) is 10.6. The molecule has 1 fully saturated rings. The number of benzene rings is 1. The molecule has 2 aromatic rings. The van der Waals surface area contributed by atoms with Crippen molar-refractivity contribution < 1.29 is 9.59 Å². The predicted octanol–water partition coefficient (Wildman–Crippen LogP) is 4.93. The number of nitrogens with one attached hydrogen (secondary N) is 2. The van der Waals surface area contributed by atoms with E-state index >= 15 is 0 Å². The van der Waals surface area contributed by atoms with E-state index in [9.17, 15) is 9.59 Å². The molecule has 0 radical (unpaired) electrons. The standard InChI is InChI=1S/C21H26ClN3O2S/c1-13-5-6-14(2)25(13)16-9-7-15(8-10-16)23-20(27)21(3,4)24-19(26)17-11-12-18(22)28-17/h7-14H,5-6H2,1-4H3,(H,23,27)(H,24,26). The normalized spacial score (nSPS) is 19.5. The highest BCUT2D eigenvalue weighted by Gasteiger charge is 2.31. The highest BCUT2D eigenvalue weighted by molar-refractivity contribution is 7.18. The molecule has 5 nitrogen and oxygen atoms in total. The fraction of sp³-hybridized carbons (Fsp3) is 0.429. The Bertz CT molecular complexity index is 853. The van der Waals surface area contributed by atoms with Crippen LogP contribution in [-0.4, -0.2) is 29.4 Å². The number of halogens is 1. The molecule has 1 aliphatic heterocycles. The molecule has 0 spiro atoms. The second-order valence-electron chi connectivity index (χ2n) is 7.87. The maximum Gasteiger partial charge on any atom is 0.262 e. The first kappa shape index (κ1) is 20.7. The number of nitrogens with zero attached hydrogens (tertiary/aromatic N) is 1. The third-order valence-electron chi connectivity index (χ3n) is 5.17. The van der Waals surface area contributed by atoms with Gasteiger partial charge >= 0.3 is 0 Å². The Morgan fingerprint density at radius 1 is 1.07 bits per heavy atom. The molecule has 7 heteroatoms. The third-order valence-corrected chi connectivity index (χ3v) is 6.40. The molecule has 150 valence electrons. The van der Waals surface area contributed by atoms with Gasteiger partial charge in [0.25, 0.3) is 5.91 Å². The molecular formula is C21H26ClN3O2S. The van der Waals surface area contributed by atoms with E-state index in [1.807, 2.05) is 24.3 Å². The third kappa shape index (κ3) is 4.50. The minimum Gasteiger partial charge on any atom is -0.366 e. The van der Waals surface area contributed by atoms with E-state index < -0.39 is 5.54 Å². The van der Waals surface area contributed by atoms with Crippen LogP contribution in [0.5, 0.6) is 0 Å². The fourth-order valence-corrected chi connectivity index (χ4v) is 4.49. The van der Waals surface area contributed by atoms with E-state index in [4.69, 9.17) is 11.6 Å². The zero-order valence-electron chi connectivity index (χ0n) is 16.6. The van der Waals surface area contributed by atoms with Crippen molar-refractivity contribution in [3.05, 3.63) is 45.6 Å². The van der Waals surface area contributed by atoms with Crippen LogP contribution in [0.4, 0.5) is 11.4 Å². The van der Waals surface area contributed by atoms with Crippen molar-refractivity contribution in [2.45, 2.75) is 58.2 Å². The lowest BCUT2D eigenvalue weighted by atomic mass is 10.0. The number of amides is 2. The topological polar surface area (TPSA) is 61.4 Å². The van der Waals surface area contributed by atoms with Crippen LogP contribution in [0.1, 0.15) is 50.2 Å². The Kier molecular flexibility index (Phi) is 6.01. The summed E-state index contributed by atoms with van der Waals surface area (Å²) in [5.74, 6) is -0.594. The predicted molar refractivity (Wildman–Crippen MR) is 117 cm³/mol. The molecule has 3 rings (SSSR count). The summed E-state index contributed by atoms with van der Waals surface area (Å²) in [5.41, 5.74) is 0.803. The molecule has 0 saturated carbocycles. The van der Waals surface area contributed by atoms with Crippen LogP contribution in [0.25, 0.3) is 0 Å². The molecule has 1 aromatic heterocycles. The summed E-state index contributed by atoms with van der Waals surface area (Å²) in [6.07, 6.45) is 2.39. The highest BCUT2D eigenvalue weighted by atomic mass is 35.5. The van der Waals surface area contributed by atoms with Crippen LogP contribution in [-0.2, 0) is 4.79 Å². The van der Waals surface area contributed by atoms with Crippen molar-refractivity contribution in [3.8, 4) is 0 Å². The van der Waals surface area contributed by atoms with Crippen LogP contribution in [0, 0.1) is 0 Å². The zero-order valence-corrected chi connectivity index (χ0v) is 18.2. The van der Waals surface area contributed by atoms with Crippen molar-refractivity contribution in [2.75, 3.05) is 10.2 Å². The van der Waals surface area contributed by atoms with Gasteiger partial charge in [0, 0.05) is 23.5 Å². The number of hydrogen-bond donors (Lipinski definition) is 2. The number of thiophene rings is 1. The van der Waals surface area contributed by atoms with Crippen LogP contribution >= 0.6 is 22.9 Å². The van der Waals surface area contributed by atoms with Gasteiger partial charge in [-0.25, -0.2) is 0 Å². The first-order valence-electron chi connectivity index (χ1n) is 9.45. The average molecular weight is 420 g/mol. The number of carbonyl (C=O) groups is 2. The number of anilines is 2. The first-order chi connectivity index (χ1) is 13.2. The molecule has 28 heavy (non-hydrogen) atoms. The summed E-state index contributed by atoms with van der Waals surface area (Å²) in [4.78, 5) is 27.9. The second-order valence-corrected chi connectivity index (χ2v) is 9.58. The van der Waals surface area contributed by atoms with Crippen molar-refractivity contribution in [1.82, 2.24) is 5.32 Å². The zero-order chi connectivity index (χ0) is 20.5. The quantitative estimate of drug-likeness (QED) is 0.722. The molecule has 2 N–H and O–H groups in total. The number of hydrogen-bond acceptors (Lipinski definition) is 4. The molecule has 2 atom stereocenters. The van der Waals surface area contributed by atoms with Crippen LogP contribution < -0.4 is 15.5 Å². The van der Waals surface area contributed by atoms with E-state index in [0.29, 0.717) is 27.0 Å². The molecule has 1 aromatic carbocycles. The van der Waals surface area contributed by atoms with Gasteiger partial charge < -0.3 is 15.5 Å². The minimum absolute atomic E-state index is 0.279. The molecule has 2 amide bonds. The second kappa shape index (κ2) is 8.13. The van der Waals surface area contributed by atoms with Gasteiger partial charge in [0.2, 0.25) is 5.91 Å². The van der Waals surface area contributed by atoms with Crippen molar-refractivity contribution in [3.63, 3.8) is 0 Å². The van der Waals surface area contributed by atoms with E-state index in [1.54, 1.807) is 26.0 Å². The molecule has 2 heterocycles. The summed E-state index contributed by atoms with van der Waals surface area (Å²) in [5, 5.41) is 5.66. The summed E-state index contributed by atoms with van der Waals surface area (Å²) >= 11 is 7.06. The van der Waals surface area contributed by atoms with Gasteiger partial charge in [-0.3, -0.25) is 9.59 Å². The molecule has 0 aliphatic carbocycles. The molecule has 0 bridgehead atoms. The van der Waals surface area contributed by atoms with Gasteiger partial charge in [-0.05, 0) is 76.9 Å². The van der Waals surface area contributed by atoms with Gasteiger partial charge in [0.05, 0.1) is 9.21 Å². The highest BCUT2D eigenvalue weighted by Crippen LogP contribution is 2.31. The molecule has 2 unspecified atom stereocenters. The van der Waals surface area contributed by atoms with E-state index in [0.717, 1.165) is 5.69 Å². The van der Waals surface area contributed by atoms with Crippen LogP contribution in [0.3, 0.4) is 0 Å². The monoisotopic (exact) mass is 419 g/mol. The Labute approximate surface area is 175 Å². The summed E-state index contributed by atoms with van der Waals surface area (Å²) in [7, 11) is 0. The molecule has 1 aliphatic rings. The average Bonchev–Trinajstić information content (AvgIpc) is 3.21. The fourth-order valence-electron chi connectivity index (χ4n) is 3.55. The largest absolute Gasteiger partial charge is 0.366 e. The lowest BCUT2D eigenvalue weighted by Gasteiger charge is -2.29. The van der Waals surface area contributed by atoms with Gasteiger partial charge in [-0.15, -0.1) is 11.3 Å². The van der Waals surface area contributed by atoms with Gasteiger partial charge in [0.15, 0.2) is 0 Å². The maximum absolute atomic E-state index is 12.7. The van der Waals surface area contributed by atoms with E-state index in [1.165, 1.54) is 24.2 Å². The molecule has 1 saturated heterocycles. The Morgan fingerprint density at radius 2 is 1.68 bits per heavy atom. The van der Waals surface area contributed by atoms with Gasteiger partial charge in [-0.2, -0.15) is 0 Å². The SMILES string of the molecule is CC1CCC(C)N1c1ccc(NC(=O)C(C)(C)NC(=O)c2ccc(Cl)s2)cc1. The van der Waals surface area contributed by atoms with Crippen LogP contribution in [0.15, 0.2) is 36.4 Å². The van der Waals surface area contributed by atoms with Gasteiger partial charge in [0.1, 0.15) is 5.54 Å². The lowest BCUT2D eigenvalue weighted by Crippen LogP contribution is -2.52. The van der Waals surface area contributed by atoms with Crippen molar-refractivity contribution >= 4 is 46.1 Å².